The van der Waals surface area contributed by atoms with Crippen LogP contribution in [0.2, 0.25) is 0 Å². The van der Waals surface area contributed by atoms with Gasteiger partial charge in [0.15, 0.2) is 11.2 Å². The van der Waals surface area contributed by atoms with E-state index in [2.05, 4.69) is 10.3 Å². The number of fused-ring (bicyclic) bond motifs is 1. The van der Waals surface area contributed by atoms with Crippen molar-refractivity contribution < 1.29 is 9.53 Å². The van der Waals surface area contributed by atoms with E-state index in [1.165, 1.54) is 54.6 Å². The largest absolute Gasteiger partial charge is 0.376 e. The Morgan fingerprint density at radius 2 is 1.77 bits per heavy atom. The zero-order chi connectivity index (χ0) is 21.2. The summed E-state index contributed by atoms with van der Waals surface area (Å²) in [7, 11) is 4.77. The standard InChI is InChI=1S/C21H29N5O4/c1-24-18-17(19(28)25(2)20(24)29)26(11-23-18)9-16(27)22-10-21(30-3)14-5-12-4-13(7-14)8-15(21)6-12/h11-15H,4-10H2,1-3H3,(H,22,27). The van der Waals surface area contributed by atoms with Gasteiger partial charge in [-0.25, -0.2) is 9.78 Å². The number of methoxy groups -OCH3 is 1. The molecular weight excluding hydrogens is 386 g/mol. The summed E-state index contributed by atoms with van der Waals surface area (Å²) in [6.45, 7) is 0.477. The molecule has 4 saturated carbocycles. The van der Waals surface area contributed by atoms with E-state index in [1.54, 1.807) is 14.2 Å². The van der Waals surface area contributed by atoms with Crippen molar-refractivity contribution >= 4 is 17.1 Å². The predicted molar refractivity (Wildman–Crippen MR) is 110 cm³/mol. The van der Waals surface area contributed by atoms with Gasteiger partial charge in [0.1, 0.15) is 6.54 Å². The van der Waals surface area contributed by atoms with E-state index in [9.17, 15) is 14.4 Å². The van der Waals surface area contributed by atoms with E-state index in [-0.39, 0.29) is 29.2 Å². The van der Waals surface area contributed by atoms with Gasteiger partial charge in [-0.3, -0.25) is 18.7 Å². The summed E-state index contributed by atoms with van der Waals surface area (Å²) >= 11 is 0. The first-order chi connectivity index (χ1) is 14.3. The van der Waals surface area contributed by atoms with E-state index in [0.717, 1.165) is 16.4 Å². The third kappa shape index (κ3) is 2.71. The van der Waals surface area contributed by atoms with Crippen molar-refractivity contribution in [3.63, 3.8) is 0 Å². The van der Waals surface area contributed by atoms with Gasteiger partial charge >= 0.3 is 5.69 Å². The van der Waals surface area contributed by atoms with Gasteiger partial charge in [-0.05, 0) is 55.8 Å². The number of aryl methyl sites for hydroxylation is 1. The molecule has 0 spiro atoms. The highest BCUT2D eigenvalue weighted by Crippen LogP contribution is 2.59. The second-order valence-electron chi connectivity index (χ2n) is 9.49. The van der Waals surface area contributed by atoms with Crippen LogP contribution in [0.1, 0.15) is 32.1 Å². The molecule has 2 aromatic rings. The number of amides is 1. The van der Waals surface area contributed by atoms with Crippen LogP contribution in [0.15, 0.2) is 15.9 Å². The van der Waals surface area contributed by atoms with E-state index in [0.29, 0.717) is 18.4 Å². The first-order valence-corrected chi connectivity index (χ1v) is 10.8. The highest BCUT2D eigenvalue weighted by Gasteiger charge is 2.57. The van der Waals surface area contributed by atoms with E-state index >= 15 is 0 Å². The first kappa shape index (κ1) is 19.5. The molecular formula is C21H29N5O4. The van der Waals surface area contributed by atoms with Crippen molar-refractivity contribution in [3.8, 4) is 0 Å². The summed E-state index contributed by atoms with van der Waals surface area (Å²) in [4.78, 5) is 41.6. The molecule has 0 unspecified atom stereocenters. The van der Waals surface area contributed by atoms with Crippen molar-refractivity contribution in [2.45, 2.75) is 44.2 Å². The molecule has 9 nitrogen and oxygen atoms in total. The molecule has 4 aliphatic rings. The number of hydrogen-bond donors (Lipinski definition) is 1. The molecule has 0 aliphatic heterocycles. The Morgan fingerprint density at radius 3 is 2.37 bits per heavy atom. The molecule has 0 saturated heterocycles. The minimum absolute atomic E-state index is 0.0235. The Labute approximate surface area is 174 Å². The minimum atomic E-state index is -0.451. The summed E-state index contributed by atoms with van der Waals surface area (Å²) in [5.74, 6) is 2.48. The Balaban J connectivity index is 1.35. The lowest BCUT2D eigenvalue weighted by Gasteiger charge is -2.60. The SMILES string of the molecule is COC1(CNC(=O)Cn2cnc3c2c(=O)n(C)c(=O)n3C)C2CC3CC(C2)CC1C3. The Bertz CT molecular complexity index is 1100. The maximum absolute atomic E-state index is 12.8. The van der Waals surface area contributed by atoms with Crippen molar-refractivity contribution in [1.82, 2.24) is 24.0 Å². The predicted octanol–water partition coefficient (Wildman–Crippen LogP) is 0.391. The third-order valence-corrected chi connectivity index (χ3v) is 7.99. The molecule has 1 amide bonds. The Kier molecular flexibility index (Phi) is 4.43. The van der Waals surface area contributed by atoms with Gasteiger partial charge in [0.05, 0.1) is 11.9 Å². The van der Waals surface area contributed by atoms with Crippen LogP contribution >= 0.6 is 0 Å². The van der Waals surface area contributed by atoms with Crippen LogP contribution in [-0.2, 0) is 30.2 Å². The number of nitrogens with one attached hydrogen (secondary N) is 1. The summed E-state index contributed by atoms with van der Waals surface area (Å²) in [5.41, 5.74) is -0.629. The van der Waals surface area contributed by atoms with Gasteiger partial charge in [0.25, 0.3) is 5.56 Å². The van der Waals surface area contributed by atoms with E-state index < -0.39 is 11.2 Å². The fourth-order valence-corrected chi connectivity index (χ4v) is 6.64. The van der Waals surface area contributed by atoms with Crippen LogP contribution in [0.3, 0.4) is 0 Å². The molecule has 1 N–H and O–H groups in total. The highest BCUT2D eigenvalue weighted by molar-refractivity contribution is 5.79. The third-order valence-electron chi connectivity index (χ3n) is 7.99. The quantitative estimate of drug-likeness (QED) is 0.762. The van der Waals surface area contributed by atoms with Crippen LogP contribution in [0.4, 0.5) is 0 Å². The average Bonchev–Trinajstić information content (AvgIpc) is 3.14. The fourth-order valence-electron chi connectivity index (χ4n) is 6.64. The number of aromatic nitrogens is 4. The lowest BCUT2D eigenvalue weighted by Crippen LogP contribution is -2.63. The van der Waals surface area contributed by atoms with Crippen molar-refractivity contribution in [2.75, 3.05) is 13.7 Å². The topological polar surface area (TPSA) is 100 Å². The van der Waals surface area contributed by atoms with Gasteiger partial charge in [0, 0.05) is 27.7 Å². The fraction of sp³-hybridized carbons (Fsp3) is 0.714. The molecule has 4 bridgehead atoms. The minimum Gasteiger partial charge on any atom is -0.376 e. The molecule has 162 valence electrons. The molecule has 2 heterocycles. The number of carbonyl (C=O) groups is 1. The molecule has 0 radical (unpaired) electrons. The lowest BCUT2D eigenvalue weighted by atomic mass is 9.49. The Hall–Kier alpha value is -2.42. The summed E-state index contributed by atoms with van der Waals surface area (Å²) < 4.78 is 9.98. The summed E-state index contributed by atoms with van der Waals surface area (Å²) in [5, 5.41) is 3.08. The molecule has 4 fully saturated rings. The van der Waals surface area contributed by atoms with Crippen LogP contribution in [-0.4, -0.2) is 43.8 Å². The van der Waals surface area contributed by atoms with Crippen molar-refractivity contribution in [3.05, 3.63) is 27.2 Å². The Morgan fingerprint density at radius 1 is 1.13 bits per heavy atom. The maximum Gasteiger partial charge on any atom is 0.332 e. The number of hydrogen-bond acceptors (Lipinski definition) is 5. The maximum atomic E-state index is 12.8. The monoisotopic (exact) mass is 415 g/mol. The zero-order valence-corrected chi connectivity index (χ0v) is 17.8. The molecule has 0 atom stereocenters. The first-order valence-electron chi connectivity index (χ1n) is 10.8. The molecule has 30 heavy (non-hydrogen) atoms. The van der Waals surface area contributed by atoms with Gasteiger partial charge in [-0.2, -0.15) is 0 Å². The number of carbonyl (C=O) groups excluding carboxylic acids is 1. The van der Waals surface area contributed by atoms with Crippen LogP contribution in [0.5, 0.6) is 0 Å². The summed E-state index contributed by atoms with van der Waals surface area (Å²) in [6.07, 6.45) is 7.62. The average molecular weight is 415 g/mol. The molecule has 6 rings (SSSR count). The number of ether oxygens (including phenoxy) is 1. The normalized spacial score (nSPS) is 32.1. The van der Waals surface area contributed by atoms with Crippen LogP contribution in [0.25, 0.3) is 11.2 Å². The van der Waals surface area contributed by atoms with Crippen molar-refractivity contribution in [1.29, 1.82) is 0 Å². The molecule has 9 heteroatoms. The van der Waals surface area contributed by atoms with Crippen LogP contribution in [0, 0.1) is 23.7 Å². The van der Waals surface area contributed by atoms with Crippen molar-refractivity contribution in [2.24, 2.45) is 37.8 Å². The second-order valence-corrected chi connectivity index (χ2v) is 9.49. The van der Waals surface area contributed by atoms with Gasteiger partial charge in [-0.15, -0.1) is 0 Å². The number of imidazole rings is 1. The lowest BCUT2D eigenvalue weighted by molar-refractivity contribution is -0.188. The second kappa shape index (κ2) is 6.80. The summed E-state index contributed by atoms with van der Waals surface area (Å²) in [6, 6.07) is 0. The van der Waals surface area contributed by atoms with Gasteiger partial charge < -0.3 is 14.6 Å². The van der Waals surface area contributed by atoms with E-state index in [4.69, 9.17) is 4.74 Å². The van der Waals surface area contributed by atoms with Crippen LogP contribution < -0.4 is 16.6 Å². The number of nitrogens with zero attached hydrogens (tertiary/aromatic N) is 4. The van der Waals surface area contributed by atoms with E-state index in [1.807, 2.05) is 0 Å². The molecule has 2 aromatic heterocycles. The van der Waals surface area contributed by atoms with Gasteiger partial charge in [-0.1, -0.05) is 0 Å². The zero-order valence-electron chi connectivity index (χ0n) is 17.8. The smallest absolute Gasteiger partial charge is 0.332 e. The number of rotatable bonds is 5. The molecule has 0 aromatic carbocycles. The highest BCUT2D eigenvalue weighted by atomic mass is 16.5. The van der Waals surface area contributed by atoms with Gasteiger partial charge in [0.2, 0.25) is 5.91 Å². The molecule has 4 aliphatic carbocycles.